The van der Waals surface area contributed by atoms with Crippen LogP contribution in [0.15, 0.2) is 30.3 Å². The molecule has 0 saturated heterocycles. The zero-order valence-electron chi connectivity index (χ0n) is 8.62. The summed E-state index contributed by atoms with van der Waals surface area (Å²) in [4.78, 5) is 13.4. The molecule has 0 amide bonds. The van der Waals surface area contributed by atoms with Crippen molar-refractivity contribution < 1.29 is 14.3 Å². The van der Waals surface area contributed by atoms with Crippen molar-refractivity contribution in [2.45, 2.75) is 6.92 Å². The maximum absolute atomic E-state index is 13.0. The molecule has 2 N–H and O–H groups in total. The van der Waals surface area contributed by atoms with Crippen molar-refractivity contribution in [1.82, 2.24) is 4.98 Å². The monoisotopic (exact) mass is 219 g/mol. The predicted molar refractivity (Wildman–Crippen MR) is 57.9 cm³/mol. The van der Waals surface area contributed by atoms with Crippen LogP contribution in [-0.2, 0) is 0 Å². The van der Waals surface area contributed by atoms with Crippen molar-refractivity contribution in [3.63, 3.8) is 0 Å². The van der Waals surface area contributed by atoms with E-state index in [0.717, 1.165) is 5.56 Å². The molecule has 2 rings (SSSR count). The largest absolute Gasteiger partial charge is 0.477 e. The molecule has 16 heavy (non-hydrogen) atoms. The highest BCUT2D eigenvalue weighted by Gasteiger charge is 2.08. The maximum Gasteiger partial charge on any atom is 0.352 e. The summed E-state index contributed by atoms with van der Waals surface area (Å²) in [6.45, 7) is 1.67. The van der Waals surface area contributed by atoms with Crippen molar-refractivity contribution in [3.8, 4) is 11.3 Å². The van der Waals surface area contributed by atoms with Crippen LogP contribution in [0.25, 0.3) is 11.3 Å². The Morgan fingerprint density at radius 3 is 2.62 bits per heavy atom. The molecule has 1 aromatic carbocycles. The summed E-state index contributed by atoms with van der Waals surface area (Å²) in [6, 6.07) is 7.80. The second kappa shape index (κ2) is 3.81. The minimum atomic E-state index is -1.01. The molecule has 2 aromatic rings. The van der Waals surface area contributed by atoms with Gasteiger partial charge in [-0.05, 0) is 48.4 Å². The number of H-pyrrole nitrogens is 1. The van der Waals surface area contributed by atoms with Crippen molar-refractivity contribution in [2.24, 2.45) is 0 Å². The standard InChI is InChI=1S/C12H10FNO2/c1-7-6-8(2-3-9(7)13)10-4-5-11(14-10)12(15)16/h2-6,14H,1H3,(H,15,16). The molecule has 0 atom stereocenters. The molecule has 0 aliphatic rings. The lowest BCUT2D eigenvalue weighted by Gasteiger charge is -2.01. The van der Waals surface area contributed by atoms with E-state index in [2.05, 4.69) is 4.98 Å². The number of carboxylic acids is 1. The molecule has 0 unspecified atom stereocenters. The highest BCUT2D eigenvalue weighted by atomic mass is 19.1. The average molecular weight is 219 g/mol. The van der Waals surface area contributed by atoms with E-state index in [1.807, 2.05) is 0 Å². The van der Waals surface area contributed by atoms with E-state index in [4.69, 9.17) is 5.11 Å². The molecule has 1 heterocycles. The summed E-state index contributed by atoms with van der Waals surface area (Å²) in [5, 5.41) is 8.75. The van der Waals surface area contributed by atoms with Gasteiger partial charge >= 0.3 is 5.97 Å². The minimum absolute atomic E-state index is 0.122. The first-order chi connectivity index (χ1) is 7.58. The third kappa shape index (κ3) is 1.82. The van der Waals surface area contributed by atoms with Gasteiger partial charge in [-0.3, -0.25) is 0 Å². The van der Waals surface area contributed by atoms with Crippen molar-refractivity contribution in [2.75, 3.05) is 0 Å². The van der Waals surface area contributed by atoms with Gasteiger partial charge in [0.1, 0.15) is 11.5 Å². The second-order valence-corrected chi connectivity index (χ2v) is 3.55. The lowest BCUT2D eigenvalue weighted by molar-refractivity contribution is 0.0691. The topological polar surface area (TPSA) is 53.1 Å². The van der Waals surface area contributed by atoms with Crippen LogP contribution in [-0.4, -0.2) is 16.1 Å². The van der Waals surface area contributed by atoms with Gasteiger partial charge in [0.15, 0.2) is 0 Å². The van der Waals surface area contributed by atoms with Crippen LogP contribution >= 0.6 is 0 Å². The fourth-order valence-electron chi connectivity index (χ4n) is 1.50. The van der Waals surface area contributed by atoms with E-state index in [9.17, 15) is 9.18 Å². The number of carbonyl (C=O) groups is 1. The molecule has 1 aromatic heterocycles. The highest BCUT2D eigenvalue weighted by Crippen LogP contribution is 2.21. The number of aromatic amines is 1. The zero-order valence-corrected chi connectivity index (χ0v) is 8.62. The number of aromatic nitrogens is 1. The lowest BCUT2D eigenvalue weighted by Crippen LogP contribution is -1.95. The van der Waals surface area contributed by atoms with Crippen molar-refractivity contribution in [3.05, 3.63) is 47.4 Å². The van der Waals surface area contributed by atoms with Crippen LogP contribution in [0.4, 0.5) is 4.39 Å². The molecule has 4 heteroatoms. The Balaban J connectivity index is 2.42. The smallest absolute Gasteiger partial charge is 0.352 e. The Labute approximate surface area is 91.5 Å². The lowest BCUT2D eigenvalue weighted by atomic mass is 10.1. The fraction of sp³-hybridized carbons (Fsp3) is 0.0833. The average Bonchev–Trinajstić information content (AvgIpc) is 2.71. The summed E-state index contributed by atoms with van der Waals surface area (Å²) in [5.74, 6) is -1.28. The molecule has 82 valence electrons. The second-order valence-electron chi connectivity index (χ2n) is 3.55. The van der Waals surface area contributed by atoms with E-state index in [1.54, 1.807) is 25.1 Å². The molecular weight excluding hydrogens is 209 g/mol. The van der Waals surface area contributed by atoms with Gasteiger partial charge in [-0.1, -0.05) is 0 Å². The molecule has 0 aliphatic heterocycles. The van der Waals surface area contributed by atoms with Gasteiger partial charge in [0, 0.05) is 5.69 Å². The minimum Gasteiger partial charge on any atom is -0.477 e. The quantitative estimate of drug-likeness (QED) is 0.815. The van der Waals surface area contributed by atoms with Gasteiger partial charge in [-0.25, -0.2) is 9.18 Å². The number of hydrogen-bond donors (Lipinski definition) is 2. The molecule has 0 bridgehead atoms. The predicted octanol–water partition coefficient (Wildman–Crippen LogP) is 2.83. The van der Waals surface area contributed by atoms with Gasteiger partial charge in [-0.2, -0.15) is 0 Å². The third-order valence-corrected chi connectivity index (χ3v) is 2.39. The summed E-state index contributed by atoms with van der Waals surface area (Å²) in [7, 11) is 0. The van der Waals surface area contributed by atoms with E-state index in [1.165, 1.54) is 12.1 Å². The fourth-order valence-corrected chi connectivity index (χ4v) is 1.50. The Kier molecular flexibility index (Phi) is 2.48. The summed E-state index contributed by atoms with van der Waals surface area (Å²) in [6.07, 6.45) is 0. The zero-order chi connectivity index (χ0) is 11.7. The summed E-state index contributed by atoms with van der Waals surface area (Å²) in [5.41, 5.74) is 2.09. The summed E-state index contributed by atoms with van der Waals surface area (Å²) < 4.78 is 13.0. The van der Waals surface area contributed by atoms with Gasteiger partial charge in [0.2, 0.25) is 0 Å². The summed E-state index contributed by atoms with van der Waals surface area (Å²) >= 11 is 0. The van der Waals surface area contributed by atoms with E-state index >= 15 is 0 Å². The van der Waals surface area contributed by atoms with Crippen LogP contribution in [0, 0.1) is 12.7 Å². The van der Waals surface area contributed by atoms with Gasteiger partial charge in [0.25, 0.3) is 0 Å². The molecule has 0 saturated carbocycles. The van der Waals surface area contributed by atoms with Gasteiger partial charge in [0.05, 0.1) is 0 Å². The number of aryl methyl sites for hydroxylation is 1. The number of hydrogen-bond acceptors (Lipinski definition) is 1. The number of nitrogens with one attached hydrogen (secondary N) is 1. The third-order valence-electron chi connectivity index (χ3n) is 2.39. The van der Waals surface area contributed by atoms with Crippen LogP contribution in [0.3, 0.4) is 0 Å². The van der Waals surface area contributed by atoms with Crippen molar-refractivity contribution in [1.29, 1.82) is 0 Å². The molecule has 0 radical (unpaired) electrons. The normalized spacial score (nSPS) is 10.4. The van der Waals surface area contributed by atoms with Gasteiger partial charge < -0.3 is 10.1 Å². The SMILES string of the molecule is Cc1cc(-c2ccc(C(=O)O)[nH]2)ccc1F. The van der Waals surface area contributed by atoms with Crippen LogP contribution in [0.1, 0.15) is 16.1 Å². The van der Waals surface area contributed by atoms with Crippen molar-refractivity contribution >= 4 is 5.97 Å². The van der Waals surface area contributed by atoms with E-state index < -0.39 is 5.97 Å². The Morgan fingerprint density at radius 1 is 1.31 bits per heavy atom. The number of aromatic carboxylic acids is 1. The molecular formula is C12H10FNO2. The first-order valence-electron chi connectivity index (χ1n) is 4.77. The highest BCUT2D eigenvalue weighted by molar-refractivity contribution is 5.86. The number of rotatable bonds is 2. The number of benzene rings is 1. The Bertz CT molecular complexity index is 546. The molecule has 0 spiro atoms. The van der Waals surface area contributed by atoms with E-state index in [-0.39, 0.29) is 11.5 Å². The molecule has 0 aliphatic carbocycles. The van der Waals surface area contributed by atoms with Gasteiger partial charge in [-0.15, -0.1) is 0 Å². The maximum atomic E-state index is 13.0. The Hall–Kier alpha value is -2.10. The molecule has 0 fully saturated rings. The molecule has 3 nitrogen and oxygen atoms in total. The van der Waals surface area contributed by atoms with Crippen LogP contribution in [0.2, 0.25) is 0 Å². The number of carboxylic acid groups (broad SMARTS) is 1. The van der Waals surface area contributed by atoms with Crippen LogP contribution in [0.5, 0.6) is 0 Å². The van der Waals surface area contributed by atoms with Crippen LogP contribution < -0.4 is 0 Å². The van der Waals surface area contributed by atoms with E-state index in [0.29, 0.717) is 11.3 Å². The Morgan fingerprint density at radius 2 is 2.06 bits per heavy atom. The first-order valence-corrected chi connectivity index (χ1v) is 4.77. The number of halogens is 1. The first kappa shape index (κ1) is 10.4.